The minimum atomic E-state index is -0.187. The number of benzene rings is 1. The van der Waals surface area contributed by atoms with E-state index in [4.69, 9.17) is 4.74 Å². The van der Waals surface area contributed by atoms with E-state index < -0.39 is 0 Å². The number of amides is 1. The number of piperidine rings is 1. The first-order valence-corrected chi connectivity index (χ1v) is 7.56. The van der Waals surface area contributed by atoms with Gasteiger partial charge in [0.15, 0.2) is 0 Å². The van der Waals surface area contributed by atoms with Crippen LogP contribution in [0.3, 0.4) is 0 Å². The molecule has 0 radical (unpaired) electrons. The lowest BCUT2D eigenvalue weighted by Crippen LogP contribution is -2.43. The Labute approximate surface area is 126 Å². The monoisotopic (exact) mass is 289 g/mol. The molecule has 1 atom stereocenters. The quantitative estimate of drug-likeness (QED) is 0.804. The number of ether oxygens (including phenoxy) is 1. The number of esters is 1. The Morgan fingerprint density at radius 1 is 1.33 bits per heavy atom. The molecular weight excluding hydrogens is 266 g/mol. The van der Waals surface area contributed by atoms with E-state index >= 15 is 0 Å². The first kappa shape index (κ1) is 15.5. The molecule has 0 N–H and O–H groups in total. The molecule has 0 spiro atoms. The summed E-state index contributed by atoms with van der Waals surface area (Å²) in [5, 5.41) is 0. The van der Waals surface area contributed by atoms with E-state index in [1.807, 2.05) is 32.0 Å². The summed E-state index contributed by atoms with van der Waals surface area (Å²) in [5.74, 6) is -0.353. The predicted molar refractivity (Wildman–Crippen MR) is 81.2 cm³/mol. The van der Waals surface area contributed by atoms with Gasteiger partial charge < -0.3 is 9.64 Å². The van der Waals surface area contributed by atoms with Gasteiger partial charge in [-0.15, -0.1) is 0 Å². The summed E-state index contributed by atoms with van der Waals surface area (Å²) in [4.78, 5) is 26.3. The molecule has 0 aromatic heterocycles. The lowest BCUT2D eigenvalue weighted by atomic mass is 9.96. The SMILES string of the molecule is CCOC(=O)[C@@H]1CCCN(C(=O)c2cc(C)ccc2C)C1. The Kier molecular flexibility index (Phi) is 4.99. The Morgan fingerprint density at radius 3 is 2.81 bits per heavy atom. The van der Waals surface area contributed by atoms with E-state index in [9.17, 15) is 9.59 Å². The minimum Gasteiger partial charge on any atom is -0.466 e. The second-order valence-corrected chi connectivity index (χ2v) is 5.66. The zero-order valence-corrected chi connectivity index (χ0v) is 13.0. The number of carbonyl (C=O) groups is 2. The highest BCUT2D eigenvalue weighted by molar-refractivity contribution is 5.96. The predicted octanol–water partition coefficient (Wildman–Crippen LogP) is 2.72. The van der Waals surface area contributed by atoms with Crippen molar-refractivity contribution in [2.45, 2.75) is 33.6 Å². The van der Waals surface area contributed by atoms with E-state index in [0.717, 1.165) is 29.5 Å². The molecule has 1 fully saturated rings. The van der Waals surface area contributed by atoms with Gasteiger partial charge in [0, 0.05) is 18.7 Å². The van der Waals surface area contributed by atoms with Gasteiger partial charge in [-0.25, -0.2) is 0 Å². The molecule has 0 saturated carbocycles. The molecule has 2 rings (SSSR count). The van der Waals surface area contributed by atoms with Gasteiger partial charge in [0.05, 0.1) is 12.5 Å². The summed E-state index contributed by atoms with van der Waals surface area (Å²) < 4.78 is 5.08. The largest absolute Gasteiger partial charge is 0.466 e. The van der Waals surface area contributed by atoms with Gasteiger partial charge >= 0.3 is 5.97 Å². The molecule has 0 bridgehead atoms. The van der Waals surface area contributed by atoms with Gasteiger partial charge in [-0.05, 0) is 45.2 Å². The maximum atomic E-state index is 12.7. The summed E-state index contributed by atoms with van der Waals surface area (Å²) in [6.45, 7) is 7.29. The maximum Gasteiger partial charge on any atom is 0.310 e. The van der Waals surface area contributed by atoms with Crippen LogP contribution in [0.1, 0.15) is 41.3 Å². The molecular formula is C17H23NO3. The van der Waals surface area contributed by atoms with Crippen LogP contribution in [0.15, 0.2) is 18.2 Å². The summed E-state index contributed by atoms with van der Waals surface area (Å²) in [6.07, 6.45) is 1.65. The van der Waals surface area contributed by atoms with Crippen molar-refractivity contribution >= 4 is 11.9 Å². The van der Waals surface area contributed by atoms with Crippen molar-refractivity contribution < 1.29 is 14.3 Å². The molecule has 1 aromatic rings. The van der Waals surface area contributed by atoms with Crippen LogP contribution in [0.25, 0.3) is 0 Å². The number of hydrogen-bond donors (Lipinski definition) is 0. The molecule has 0 aliphatic carbocycles. The molecule has 1 heterocycles. The first-order chi connectivity index (χ1) is 10.0. The Hall–Kier alpha value is -1.84. The number of aryl methyl sites for hydroxylation is 2. The van der Waals surface area contributed by atoms with Crippen LogP contribution in [0.5, 0.6) is 0 Å². The number of likely N-dealkylation sites (tertiary alicyclic amines) is 1. The van der Waals surface area contributed by atoms with Gasteiger partial charge in [-0.3, -0.25) is 9.59 Å². The zero-order valence-electron chi connectivity index (χ0n) is 13.0. The molecule has 4 nitrogen and oxygen atoms in total. The van der Waals surface area contributed by atoms with Crippen LogP contribution >= 0.6 is 0 Å². The molecule has 1 amide bonds. The van der Waals surface area contributed by atoms with Gasteiger partial charge in [0.1, 0.15) is 0 Å². The molecule has 1 saturated heterocycles. The highest BCUT2D eigenvalue weighted by Crippen LogP contribution is 2.21. The van der Waals surface area contributed by atoms with Crippen molar-refractivity contribution in [1.82, 2.24) is 4.90 Å². The number of rotatable bonds is 3. The average molecular weight is 289 g/mol. The molecule has 21 heavy (non-hydrogen) atoms. The van der Waals surface area contributed by atoms with Gasteiger partial charge in [0.25, 0.3) is 5.91 Å². The van der Waals surface area contributed by atoms with Crippen molar-refractivity contribution in [3.63, 3.8) is 0 Å². The molecule has 0 unspecified atom stereocenters. The fourth-order valence-electron chi connectivity index (χ4n) is 2.75. The highest BCUT2D eigenvalue weighted by atomic mass is 16.5. The molecule has 1 aromatic carbocycles. The van der Waals surface area contributed by atoms with Crippen LogP contribution in [0.2, 0.25) is 0 Å². The standard InChI is InChI=1S/C17H23NO3/c1-4-21-17(20)14-6-5-9-18(11-14)16(19)15-10-12(2)7-8-13(15)3/h7-8,10,14H,4-6,9,11H2,1-3H3/t14-/m1/s1. The van der Waals surface area contributed by atoms with E-state index in [-0.39, 0.29) is 17.8 Å². The summed E-state index contributed by atoms with van der Waals surface area (Å²) in [6, 6.07) is 5.89. The van der Waals surface area contributed by atoms with Crippen molar-refractivity contribution in [1.29, 1.82) is 0 Å². The third kappa shape index (κ3) is 3.63. The van der Waals surface area contributed by atoms with Gasteiger partial charge in [-0.2, -0.15) is 0 Å². The van der Waals surface area contributed by atoms with Crippen molar-refractivity contribution in [3.8, 4) is 0 Å². The van der Waals surface area contributed by atoms with Gasteiger partial charge in [-0.1, -0.05) is 17.7 Å². The van der Waals surface area contributed by atoms with Crippen LogP contribution in [-0.4, -0.2) is 36.5 Å². The Morgan fingerprint density at radius 2 is 2.10 bits per heavy atom. The van der Waals surface area contributed by atoms with E-state index in [1.165, 1.54) is 0 Å². The number of hydrogen-bond acceptors (Lipinski definition) is 3. The zero-order chi connectivity index (χ0) is 15.4. The summed E-state index contributed by atoms with van der Waals surface area (Å²) in [5.41, 5.74) is 2.78. The summed E-state index contributed by atoms with van der Waals surface area (Å²) >= 11 is 0. The maximum absolute atomic E-state index is 12.7. The average Bonchev–Trinajstić information content (AvgIpc) is 2.49. The van der Waals surface area contributed by atoms with E-state index in [0.29, 0.717) is 19.7 Å². The normalized spacial score (nSPS) is 18.4. The Bertz CT molecular complexity index is 539. The van der Waals surface area contributed by atoms with Crippen LogP contribution in [-0.2, 0) is 9.53 Å². The molecule has 114 valence electrons. The smallest absolute Gasteiger partial charge is 0.310 e. The molecule has 4 heteroatoms. The van der Waals surface area contributed by atoms with Crippen molar-refractivity contribution in [2.75, 3.05) is 19.7 Å². The second kappa shape index (κ2) is 6.74. The highest BCUT2D eigenvalue weighted by Gasteiger charge is 2.30. The topological polar surface area (TPSA) is 46.6 Å². The molecule has 1 aliphatic rings. The second-order valence-electron chi connectivity index (χ2n) is 5.66. The van der Waals surface area contributed by atoms with E-state index in [2.05, 4.69) is 0 Å². The van der Waals surface area contributed by atoms with E-state index in [1.54, 1.807) is 11.8 Å². The fourth-order valence-corrected chi connectivity index (χ4v) is 2.75. The van der Waals surface area contributed by atoms with Gasteiger partial charge in [0.2, 0.25) is 0 Å². The minimum absolute atomic E-state index is 0.0187. The Balaban J connectivity index is 2.12. The van der Waals surface area contributed by atoms with Crippen LogP contribution in [0, 0.1) is 19.8 Å². The number of carbonyl (C=O) groups excluding carboxylic acids is 2. The fraction of sp³-hybridized carbons (Fsp3) is 0.529. The summed E-state index contributed by atoms with van der Waals surface area (Å²) in [7, 11) is 0. The van der Waals surface area contributed by atoms with Crippen LogP contribution in [0.4, 0.5) is 0 Å². The van der Waals surface area contributed by atoms with Crippen molar-refractivity contribution in [2.24, 2.45) is 5.92 Å². The number of nitrogens with zero attached hydrogens (tertiary/aromatic N) is 1. The van der Waals surface area contributed by atoms with Crippen LogP contribution < -0.4 is 0 Å². The lowest BCUT2D eigenvalue weighted by molar-refractivity contribution is -0.149. The lowest BCUT2D eigenvalue weighted by Gasteiger charge is -2.32. The third-order valence-corrected chi connectivity index (χ3v) is 3.95. The third-order valence-electron chi connectivity index (χ3n) is 3.95. The molecule has 1 aliphatic heterocycles. The van der Waals surface area contributed by atoms with Crippen molar-refractivity contribution in [3.05, 3.63) is 34.9 Å². The first-order valence-electron chi connectivity index (χ1n) is 7.56.